The van der Waals surface area contributed by atoms with Crippen molar-refractivity contribution in [3.63, 3.8) is 0 Å². The third-order valence-corrected chi connectivity index (χ3v) is 3.65. The van der Waals surface area contributed by atoms with E-state index >= 15 is 0 Å². The van der Waals surface area contributed by atoms with Gasteiger partial charge in [-0.15, -0.1) is 0 Å². The summed E-state index contributed by atoms with van der Waals surface area (Å²) >= 11 is 0. The Hall–Kier alpha value is -1.46. The van der Waals surface area contributed by atoms with E-state index in [0.29, 0.717) is 12.2 Å². The van der Waals surface area contributed by atoms with E-state index in [9.17, 15) is 10.1 Å². The molecule has 0 N–H and O–H groups in total. The van der Waals surface area contributed by atoms with Crippen LogP contribution in [0.3, 0.4) is 0 Å². The van der Waals surface area contributed by atoms with Gasteiger partial charge in [-0.05, 0) is 19.4 Å². The molecule has 2 unspecified atom stereocenters. The molecular formula is C15H21NO4. The second-order valence-electron chi connectivity index (χ2n) is 5.32. The first-order valence-electron chi connectivity index (χ1n) is 7.11. The Bertz CT molecular complexity index is 477. The predicted molar refractivity (Wildman–Crippen MR) is 75.4 cm³/mol. The molecule has 20 heavy (non-hydrogen) atoms. The van der Waals surface area contributed by atoms with Gasteiger partial charge in [0.15, 0.2) is 5.79 Å². The van der Waals surface area contributed by atoms with E-state index in [0.717, 1.165) is 25.7 Å². The summed E-state index contributed by atoms with van der Waals surface area (Å²) in [5.41, 5.74) is 0.690. The zero-order chi connectivity index (χ0) is 14.6. The number of rotatable bonds is 6. The molecule has 0 spiro atoms. The van der Waals surface area contributed by atoms with Gasteiger partial charge in [0, 0.05) is 12.5 Å². The van der Waals surface area contributed by atoms with Gasteiger partial charge in [0.1, 0.15) is 6.10 Å². The number of para-hydroxylation sites is 1. The van der Waals surface area contributed by atoms with Gasteiger partial charge in [-0.25, -0.2) is 0 Å². The molecule has 110 valence electrons. The molecule has 0 aromatic heterocycles. The highest BCUT2D eigenvalue weighted by Gasteiger charge is 2.39. The number of nitro benzene ring substituents is 1. The highest BCUT2D eigenvalue weighted by molar-refractivity contribution is 5.41. The molecule has 1 saturated heterocycles. The smallest absolute Gasteiger partial charge is 0.275 e. The minimum absolute atomic E-state index is 0.0962. The molecule has 2 rings (SSSR count). The number of unbranched alkanes of at least 4 members (excludes halogenated alkanes) is 2. The highest BCUT2D eigenvalue weighted by Crippen LogP contribution is 2.39. The summed E-state index contributed by atoms with van der Waals surface area (Å²) < 4.78 is 11.7. The summed E-state index contributed by atoms with van der Waals surface area (Å²) in [5.74, 6) is -0.621. The Labute approximate surface area is 119 Å². The van der Waals surface area contributed by atoms with Crippen LogP contribution in [0.2, 0.25) is 0 Å². The lowest BCUT2D eigenvalue weighted by atomic mass is 10.1. The normalized spacial score (nSPS) is 25.8. The highest BCUT2D eigenvalue weighted by atomic mass is 16.7. The fourth-order valence-corrected chi connectivity index (χ4v) is 2.53. The molecule has 1 fully saturated rings. The first-order valence-corrected chi connectivity index (χ1v) is 7.11. The van der Waals surface area contributed by atoms with Gasteiger partial charge < -0.3 is 9.47 Å². The van der Waals surface area contributed by atoms with Gasteiger partial charge in [0.25, 0.3) is 5.69 Å². The minimum Gasteiger partial charge on any atom is -0.347 e. The molecule has 1 aliphatic rings. The van der Waals surface area contributed by atoms with Gasteiger partial charge in [0.2, 0.25) is 0 Å². The van der Waals surface area contributed by atoms with Crippen LogP contribution < -0.4 is 0 Å². The van der Waals surface area contributed by atoms with Crippen molar-refractivity contribution < 1.29 is 14.4 Å². The van der Waals surface area contributed by atoms with Gasteiger partial charge in [0.05, 0.1) is 17.1 Å². The van der Waals surface area contributed by atoms with Gasteiger partial charge >= 0.3 is 0 Å². The molecule has 0 saturated carbocycles. The zero-order valence-electron chi connectivity index (χ0n) is 12.0. The van der Waals surface area contributed by atoms with Crippen molar-refractivity contribution in [2.75, 3.05) is 6.61 Å². The summed E-state index contributed by atoms with van der Waals surface area (Å²) in [4.78, 5) is 10.7. The lowest BCUT2D eigenvalue weighted by Crippen LogP contribution is -2.25. The first-order chi connectivity index (χ1) is 9.56. The molecule has 1 aliphatic heterocycles. The third-order valence-electron chi connectivity index (χ3n) is 3.65. The summed E-state index contributed by atoms with van der Waals surface area (Å²) in [6.07, 6.45) is 3.78. The average molecular weight is 279 g/mol. The van der Waals surface area contributed by atoms with Crippen molar-refractivity contribution in [1.29, 1.82) is 0 Å². The van der Waals surface area contributed by atoms with Crippen molar-refractivity contribution >= 4 is 5.69 Å². The monoisotopic (exact) mass is 279 g/mol. The first kappa shape index (κ1) is 14.9. The average Bonchev–Trinajstić information content (AvgIpc) is 2.82. The Kier molecular flexibility index (Phi) is 4.73. The second kappa shape index (κ2) is 6.33. The van der Waals surface area contributed by atoms with Crippen LogP contribution >= 0.6 is 0 Å². The van der Waals surface area contributed by atoms with E-state index in [4.69, 9.17) is 9.47 Å². The predicted octanol–water partition coefficient (Wildman–Crippen LogP) is 3.98. The Morgan fingerprint density at radius 3 is 2.85 bits per heavy atom. The van der Waals surface area contributed by atoms with E-state index < -0.39 is 5.79 Å². The summed E-state index contributed by atoms with van der Waals surface area (Å²) in [6, 6.07) is 6.70. The van der Waals surface area contributed by atoms with Crippen LogP contribution in [-0.4, -0.2) is 17.3 Å². The largest absolute Gasteiger partial charge is 0.347 e. The van der Waals surface area contributed by atoms with Crippen LogP contribution in [0.4, 0.5) is 5.69 Å². The number of ether oxygens (including phenoxy) is 2. The van der Waals surface area contributed by atoms with Crippen LogP contribution in [0, 0.1) is 10.1 Å². The van der Waals surface area contributed by atoms with E-state index in [1.54, 1.807) is 18.2 Å². The number of hydrogen-bond donors (Lipinski definition) is 0. The Balaban J connectivity index is 2.07. The maximum Gasteiger partial charge on any atom is 0.275 e. The molecule has 0 aliphatic carbocycles. The molecule has 2 atom stereocenters. The second-order valence-corrected chi connectivity index (χ2v) is 5.32. The molecule has 0 amide bonds. The van der Waals surface area contributed by atoms with E-state index in [1.807, 2.05) is 6.92 Å². The Morgan fingerprint density at radius 1 is 1.40 bits per heavy atom. The third kappa shape index (κ3) is 3.35. The topological polar surface area (TPSA) is 61.6 Å². The molecule has 5 heteroatoms. The van der Waals surface area contributed by atoms with Crippen molar-refractivity contribution in [2.45, 2.75) is 51.4 Å². The zero-order valence-corrected chi connectivity index (χ0v) is 12.0. The molecular weight excluding hydrogens is 258 g/mol. The van der Waals surface area contributed by atoms with Crippen LogP contribution in [-0.2, 0) is 9.47 Å². The summed E-state index contributed by atoms with van der Waals surface area (Å²) in [7, 11) is 0. The van der Waals surface area contributed by atoms with Crippen LogP contribution in [0.5, 0.6) is 0 Å². The Morgan fingerprint density at radius 2 is 2.15 bits per heavy atom. The number of nitro groups is 1. The molecule has 1 aromatic carbocycles. The van der Waals surface area contributed by atoms with Crippen molar-refractivity contribution in [2.24, 2.45) is 0 Å². The molecule has 0 bridgehead atoms. The maximum absolute atomic E-state index is 11.1. The number of hydrogen-bond acceptors (Lipinski definition) is 4. The molecule has 1 aromatic rings. The summed E-state index contributed by atoms with van der Waals surface area (Å²) in [6.45, 7) is 4.43. The van der Waals surface area contributed by atoms with E-state index in [2.05, 4.69) is 6.92 Å². The van der Waals surface area contributed by atoms with Gasteiger partial charge in [-0.3, -0.25) is 10.1 Å². The minimum atomic E-state index is -0.621. The SMILES string of the molecule is CCCCCC1(C)OCC(c2ccccc2[N+](=O)[O-])O1. The maximum atomic E-state index is 11.1. The lowest BCUT2D eigenvalue weighted by Gasteiger charge is -2.23. The standard InChI is InChI=1S/C15H21NO4/c1-3-4-7-10-15(2)19-11-14(20-15)12-8-5-6-9-13(12)16(17)18/h5-6,8-9,14H,3-4,7,10-11H2,1-2H3. The van der Waals surface area contributed by atoms with Gasteiger partial charge in [-0.1, -0.05) is 31.9 Å². The fourth-order valence-electron chi connectivity index (χ4n) is 2.53. The summed E-state index contributed by atoms with van der Waals surface area (Å²) in [5, 5.41) is 11.1. The quantitative estimate of drug-likeness (QED) is 0.449. The van der Waals surface area contributed by atoms with Crippen LogP contribution in [0.1, 0.15) is 51.2 Å². The molecule has 5 nitrogen and oxygen atoms in total. The van der Waals surface area contributed by atoms with Crippen molar-refractivity contribution in [3.05, 3.63) is 39.9 Å². The molecule has 0 radical (unpaired) electrons. The number of nitrogens with zero attached hydrogens (tertiary/aromatic N) is 1. The lowest BCUT2D eigenvalue weighted by molar-refractivity contribution is -0.386. The van der Waals surface area contributed by atoms with E-state index in [-0.39, 0.29) is 16.7 Å². The van der Waals surface area contributed by atoms with Gasteiger partial charge in [-0.2, -0.15) is 0 Å². The molecule has 1 heterocycles. The van der Waals surface area contributed by atoms with Crippen LogP contribution in [0.15, 0.2) is 24.3 Å². The van der Waals surface area contributed by atoms with Crippen LogP contribution in [0.25, 0.3) is 0 Å². The fraction of sp³-hybridized carbons (Fsp3) is 0.600. The van der Waals surface area contributed by atoms with Crippen molar-refractivity contribution in [1.82, 2.24) is 0 Å². The number of benzene rings is 1. The van der Waals surface area contributed by atoms with E-state index in [1.165, 1.54) is 6.07 Å². The van der Waals surface area contributed by atoms with Crippen molar-refractivity contribution in [3.8, 4) is 0 Å².